The van der Waals surface area contributed by atoms with Crippen molar-refractivity contribution in [2.75, 3.05) is 20.2 Å². The Labute approximate surface area is 175 Å². The molecule has 5 nitrogen and oxygen atoms in total. The van der Waals surface area contributed by atoms with Crippen LogP contribution in [0.3, 0.4) is 0 Å². The van der Waals surface area contributed by atoms with Crippen LogP contribution in [0.5, 0.6) is 0 Å². The molecule has 0 saturated carbocycles. The fraction of sp³-hybridized carbons (Fsp3) is 0.556. The number of aliphatic imine (C=N–C) groups is 1. The zero-order chi connectivity index (χ0) is 19.4. The molecule has 9 heteroatoms. The highest BCUT2D eigenvalue weighted by atomic mass is 127. The van der Waals surface area contributed by atoms with Crippen LogP contribution in [0.1, 0.15) is 43.7 Å². The summed E-state index contributed by atoms with van der Waals surface area (Å²) in [6.45, 7) is 3.60. The van der Waals surface area contributed by atoms with Crippen molar-refractivity contribution in [3.8, 4) is 0 Å². The standard InChI is InChI=1S/C18H26F3N3O2.HI/c1-3-22-17(23-12-6-4-5-7-16(25)26-2)24-13-14-8-10-15(11-9-14)18(19,20)21;/h8-11H,3-7,12-13H2,1-2H3,(H2,22,23,24);1H. The van der Waals surface area contributed by atoms with Gasteiger partial charge in [-0.2, -0.15) is 13.2 Å². The first-order valence-electron chi connectivity index (χ1n) is 8.62. The van der Waals surface area contributed by atoms with Gasteiger partial charge in [0.05, 0.1) is 19.2 Å². The summed E-state index contributed by atoms with van der Waals surface area (Å²) in [4.78, 5) is 15.4. The molecule has 154 valence electrons. The van der Waals surface area contributed by atoms with Gasteiger partial charge in [0.1, 0.15) is 0 Å². The SMILES string of the molecule is CCNC(=NCc1ccc(C(F)(F)F)cc1)NCCCCCC(=O)OC.I. The molecular weight excluding hydrogens is 474 g/mol. The van der Waals surface area contributed by atoms with Crippen LogP contribution in [0.2, 0.25) is 0 Å². The molecule has 2 N–H and O–H groups in total. The summed E-state index contributed by atoms with van der Waals surface area (Å²) >= 11 is 0. The van der Waals surface area contributed by atoms with Crippen molar-refractivity contribution in [1.82, 2.24) is 10.6 Å². The third-order valence-electron chi connectivity index (χ3n) is 3.62. The van der Waals surface area contributed by atoms with E-state index in [0.717, 1.165) is 31.4 Å². The van der Waals surface area contributed by atoms with Crippen LogP contribution in [-0.2, 0) is 22.3 Å². The number of guanidine groups is 1. The van der Waals surface area contributed by atoms with Crippen molar-refractivity contribution in [3.05, 3.63) is 35.4 Å². The molecule has 1 aromatic rings. The Balaban J connectivity index is 0.00000676. The van der Waals surface area contributed by atoms with E-state index in [-0.39, 0.29) is 36.5 Å². The topological polar surface area (TPSA) is 62.7 Å². The van der Waals surface area contributed by atoms with Gasteiger partial charge in [-0.1, -0.05) is 18.6 Å². The Hall–Kier alpha value is -1.52. The molecular formula is C18H27F3IN3O2. The third kappa shape index (κ3) is 11.0. The molecule has 0 aromatic heterocycles. The molecule has 0 aliphatic heterocycles. The monoisotopic (exact) mass is 501 g/mol. The van der Waals surface area contributed by atoms with E-state index in [1.165, 1.54) is 19.2 Å². The van der Waals surface area contributed by atoms with Gasteiger partial charge in [-0.05, 0) is 37.5 Å². The fourth-order valence-corrected chi connectivity index (χ4v) is 2.19. The van der Waals surface area contributed by atoms with E-state index in [9.17, 15) is 18.0 Å². The number of unbranched alkanes of at least 4 members (excludes halogenated alkanes) is 2. The Kier molecular flexibility index (Phi) is 12.9. The van der Waals surface area contributed by atoms with Crippen molar-refractivity contribution in [2.24, 2.45) is 4.99 Å². The molecule has 27 heavy (non-hydrogen) atoms. The second kappa shape index (κ2) is 13.6. The molecule has 0 saturated heterocycles. The lowest BCUT2D eigenvalue weighted by Gasteiger charge is -2.11. The molecule has 0 atom stereocenters. The van der Waals surface area contributed by atoms with E-state index >= 15 is 0 Å². The van der Waals surface area contributed by atoms with Crippen LogP contribution in [0.25, 0.3) is 0 Å². The van der Waals surface area contributed by atoms with Crippen LogP contribution >= 0.6 is 24.0 Å². The van der Waals surface area contributed by atoms with E-state index in [4.69, 9.17) is 0 Å². The van der Waals surface area contributed by atoms with E-state index in [1.807, 2.05) is 6.92 Å². The largest absolute Gasteiger partial charge is 0.469 e. The summed E-state index contributed by atoms with van der Waals surface area (Å²) in [5, 5.41) is 6.26. The van der Waals surface area contributed by atoms with Gasteiger partial charge in [-0.25, -0.2) is 4.99 Å². The van der Waals surface area contributed by atoms with Crippen LogP contribution in [0, 0.1) is 0 Å². The number of rotatable bonds is 9. The average Bonchev–Trinajstić information content (AvgIpc) is 2.61. The molecule has 1 aromatic carbocycles. The molecule has 0 fully saturated rings. The van der Waals surface area contributed by atoms with Gasteiger partial charge in [-0.3, -0.25) is 4.79 Å². The highest BCUT2D eigenvalue weighted by Crippen LogP contribution is 2.29. The lowest BCUT2D eigenvalue weighted by molar-refractivity contribution is -0.140. The number of benzene rings is 1. The number of carbonyl (C=O) groups excluding carboxylic acids is 1. The molecule has 0 spiro atoms. The van der Waals surface area contributed by atoms with Crippen molar-refractivity contribution in [3.63, 3.8) is 0 Å². The highest BCUT2D eigenvalue weighted by Gasteiger charge is 2.29. The molecule has 0 bridgehead atoms. The second-order valence-electron chi connectivity index (χ2n) is 5.70. The number of nitrogens with one attached hydrogen (secondary N) is 2. The van der Waals surface area contributed by atoms with E-state index in [2.05, 4.69) is 20.4 Å². The minimum Gasteiger partial charge on any atom is -0.469 e. The number of esters is 1. The second-order valence-corrected chi connectivity index (χ2v) is 5.70. The van der Waals surface area contributed by atoms with Gasteiger partial charge in [0, 0.05) is 19.5 Å². The maximum atomic E-state index is 12.6. The number of hydrogen-bond acceptors (Lipinski definition) is 3. The predicted octanol–water partition coefficient (Wildman–Crippen LogP) is 4.11. The third-order valence-corrected chi connectivity index (χ3v) is 3.62. The van der Waals surface area contributed by atoms with Gasteiger partial charge >= 0.3 is 12.1 Å². The average molecular weight is 501 g/mol. The molecule has 0 aliphatic carbocycles. The zero-order valence-electron chi connectivity index (χ0n) is 15.6. The first-order valence-corrected chi connectivity index (χ1v) is 8.62. The van der Waals surface area contributed by atoms with Gasteiger partial charge in [-0.15, -0.1) is 24.0 Å². The maximum absolute atomic E-state index is 12.6. The maximum Gasteiger partial charge on any atom is 0.416 e. The first-order chi connectivity index (χ1) is 12.4. The van der Waals surface area contributed by atoms with Crippen molar-refractivity contribution < 1.29 is 22.7 Å². The van der Waals surface area contributed by atoms with Gasteiger partial charge in [0.25, 0.3) is 0 Å². The van der Waals surface area contributed by atoms with E-state index in [0.29, 0.717) is 31.0 Å². The number of nitrogens with zero attached hydrogens (tertiary/aromatic N) is 1. The number of methoxy groups -OCH3 is 1. The van der Waals surface area contributed by atoms with Gasteiger partial charge in [0.15, 0.2) is 5.96 Å². The number of ether oxygens (including phenoxy) is 1. The minimum absolute atomic E-state index is 0. The number of halogens is 4. The van der Waals surface area contributed by atoms with E-state index < -0.39 is 11.7 Å². The molecule has 0 radical (unpaired) electrons. The van der Waals surface area contributed by atoms with Crippen LogP contribution in [-0.4, -0.2) is 32.1 Å². The summed E-state index contributed by atoms with van der Waals surface area (Å²) in [5.74, 6) is 0.407. The van der Waals surface area contributed by atoms with E-state index in [1.54, 1.807) is 0 Å². The van der Waals surface area contributed by atoms with Crippen LogP contribution in [0.15, 0.2) is 29.3 Å². The Morgan fingerprint density at radius 2 is 1.78 bits per heavy atom. The summed E-state index contributed by atoms with van der Waals surface area (Å²) in [5.41, 5.74) is 0.0375. The number of hydrogen-bond donors (Lipinski definition) is 2. The fourth-order valence-electron chi connectivity index (χ4n) is 2.19. The normalized spacial score (nSPS) is 11.5. The zero-order valence-corrected chi connectivity index (χ0v) is 17.9. The van der Waals surface area contributed by atoms with Crippen LogP contribution in [0.4, 0.5) is 13.2 Å². The Morgan fingerprint density at radius 3 is 2.33 bits per heavy atom. The molecule has 0 amide bonds. The highest BCUT2D eigenvalue weighted by molar-refractivity contribution is 14.0. The lowest BCUT2D eigenvalue weighted by Crippen LogP contribution is -2.37. The molecule has 0 unspecified atom stereocenters. The lowest BCUT2D eigenvalue weighted by atomic mass is 10.1. The van der Waals surface area contributed by atoms with Crippen LogP contribution < -0.4 is 10.6 Å². The van der Waals surface area contributed by atoms with Crippen molar-refractivity contribution in [2.45, 2.75) is 45.3 Å². The van der Waals surface area contributed by atoms with Crippen molar-refractivity contribution in [1.29, 1.82) is 0 Å². The predicted molar refractivity (Wildman–Crippen MR) is 110 cm³/mol. The summed E-state index contributed by atoms with van der Waals surface area (Å²) in [7, 11) is 1.37. The van der Waals surface area contributed by atoms with Gasteiger partial charge in [0.2, 0.25) is 0 Å². The smallest absolute Gasteiger partial charge is 0.416 e. The van der Waals surface area contributed by atoms with Crippen molar-refractivity contribution >= 4 is 35.9 Å². The Morgan fingerprint density at radius 1 is 1.11 bits per heavy atom. The minimum atomic E-state index is -4.33. The molecule has 0 aliphatic rings. The number of carbonyl (C=O) groups is 1. The molecule has 1 rings (SSSR count). The van der Waals surface area contributed by atoms with Gasteiger partial charge < -0.3 is 15.4 Å². The molecule has 0 heterocycles. The summed E-state index contributed by atoms with van der Waals surface area (Å²) < 4.78 is 42.2. The summed E-state index contributed by atoms with van der Waals surface area (Å²) in [6.07, 6.45) is -1.37. The number of alkyl halides is 3. The first kappa shape index (κ1) is 25.5. The Bertz CT molecular complexity index is 578. The summed E-state index contributed by atoms with van der Waals surface area (Å²) in [6, 6.07) is 4.99. The quantitative estimate of drug-likeness (QED) is 0.176.